The van der Waals surface area contributed by atoms with Crippen LogP contribution in [0.1, 0.15) is 32.6 Å². The molecule has 2 aliphatic rings. The van der Waals surface area contributed by atoms with Gasteiger partial charge in [0.2, 0.25) is 5.91 Å². The fourth-order valence-corrected chi connectivity index (χ4v) is 2.89. The molecule has 1 amide bonds. The van der Waals surface area contributed by atoms with Gasteiger partial charge in [0, 0.05) is 18.9 Å². The van der Waals surface area contributed by atoms with Gasteiger partial charge >= 0.3 is 5.97 Å². The molecule has 0 aromatic rings. The lowest BCUT2D eigenvalue weighted by Crippen LogP contribution is -2.33. The molecule has 0 spiro atoms. The number of rotatable bonds is 6. The van der Waals surface area contributed by atoms with Crippen LogP contribution in [-0.2, 0) is 14.3 Å². The first-order chi connectivity index (χ1) is 8.70. The molecule has 4 nitrogen and oxygen atoms in total. The molecule has 0 unspecified atom stereocenters. The zero-order valence-corrected chi connectivity index (χ0v) is 10.9. The van der Waals surface area contributed by atoms with E-state index >= 15 is 0 Å². The van der Waals surface area contributed by atoms with E-state index in [1.54, 1.807) is 6.92 Å². The number of allylic oxidation sites excluding steroid dienone is 2. The van der Waals surface area contributed by atoms with Crippen molar-refractivity contribution in [3.05, 3.63) is 12.2 Å². The first kappa shape index (κ1) is 13.1. The Bertz CT molecular complexity index is 351. The van der Waals surface area contributed by atoms with Crippen LogP contribution >= 0.6 is 0 Å². The molecule has 1 N–H and O–H groups in total. The van der Waals surface area contributed by atoms with E-state index in [9.17, 15) is 9.59 Å². The second-order valence-electron chi connectivity index (χ2n) is 5.09. The summed E-state index contributed by atoms with van der Waals surface area (Å²) in [5.74, 6) is 1.18. The van der Waals surface area contributed by atoms with Gasteiger partial charge in [0.1, 0.15) is 0 Å². The summed E-state index contributed by atoms with van der Waals surface area (Å²) in [6, 6.07) is 0. The van der Waals surface area contributed by atoms with Gasteiger partial charge in [-0.2, -0.15) is 0 Å². The standard InChI is InChI=1S/C14H21NO3/c1-2-18-13(16)4-3-7-15-14(17)12-9-10-5-6-11(12)8-10/h5-6,10-12H,2-4,7-9H2,1H3,(H,15,17)/t10-,11+,12-/m1/s1. The third-order valence-corrected chi connectivity index (χ3v) is 3.78. The first-order valence-corrected chi connectivity index (χ1v) is 6.82. The van der Waals surface area contributed by atoms with Gasteiger partial charge in [0.15, 0.2) is 0 Å². The van der Waals surface area contributed by atoms with Crippen LogP contribution < -0.4 is 5.32 Å². The number of hydrogen-bond donors (Lipinski definition) is 1. The van der Waals surface area contributed by atoms with Gasteiger partial charge in [-0.15, -0.1) is 0 Å². The number of carbonyl (C=O) groups excluding carboxylic acids is 2. The number of esters is 1. The minimum atomic E-state index is -0.186. The third kappa shape index (κ3) is 3.12. The number of ether oxygens (including phenoxy) is 1. The second-order valence-corrected chi connectivity index (χ2v) is 5.09. The molecule has 2 rings (SSSR count). The van der Waals surface area contributed by atoms with Gasteiger partial charge < -0.3 is 10.1 Å². The van der Waals surface area contributed by atoms with Crippen LogP contribution in [0.5, 0.6) is 0 Å². The lowest BCUT2D eigenvalue weighted by molar-refractivity contribution is -0.143. The van der Waals surface area contributed by atoms with E-state index in [0.717, 1.165) is 12.8 Å². The Kier molecular flexibility index (Phi) is 4.39. The van der Waals surface area contributed by atoms with Crippen molar-refractivity contribution in [3.63, 3.8) is 0 Å². The van der Waals surface area contributed by atoms with Crippen molar-refractivity contribution in [2.75, 3.05) is 13.2 Å². The summed E-state index contributed by atoms with van der Waals surface area (Å²) in [5.41, 5.74) is 0. The summed E-state index contributed by atoms with van der Waals surface area (Å²) in [6.45, 7) is 2.78. The summed E-state index contributed by atoms with van der Waals surface area (Å²) in [7, 11) is 0. The van der Waals surface area contributed by atoms with E-state index < -0.39 is 0 Å². The van der Waals surface area contributed by atoms with Crippen molar-refractivity contribution in [1.82, 2.24) is 5.32 Å². The van der Waals surface area contributed by atoms with E-state index in [1.807, 2.05) is 0 Å². The Morgan fingerprint density at radius 3 is 2.78 bits per heavy atom. The monoisotopic (exact) mass is 251 g/mol. The maximum Gasteiger partial charge on any atom is 0.305 e. The molecule has 2 aliphatic carbocycles. The molecule has 3 atom stereocenters. The summed E-state index contributed by atoms with van der Waals surface area (Å²) >= 11 is 0. The van der Waals surface area contributed by atoms with Gasteiger partial charge in [-0.1, -0.05) is 12.2 Å². The van der Waals surface area contributed by atoms with Crippen LogP contribution in [0.25, 0.3) is 0 Å². The van der Waals surface area contributed by atoms with E-state index in [-0.39, 0.29) is 17.8 Å². The predicted octanol–water partition coefficient (Wildman–Crippen LogP) is 1.66. The van der Waals surface area contributed by atoms with Crippen LogP contribution in [0.3, 0.4) is 0 Å². The van der Waals surface area contributed by atoms with Crippen molar-refractivity contribution in [2.45, 2.75) is 32.6 Å². The first-order valence-electron chi connectivity index (χ1n) is 6.82. The SMILES string of the molecule is CCOC(=O)CCCNC(=O)[C@@H]1C[C@@H]2C=C[C@H]1C2. The van der Waals surface area contributed by atoms with E-state index in [4.69, 9.17) is 4.74 Å². The Morgan fingerprint density at radius 2 is 2.17 bits per heavy atom. The maximum atomic E-state index is 11.9. The quantitative estimate of drug-likeness (QED) is 0.444. The molecular weight excluding hydrogens is 230 g/mol. The van der Waals surface area contributed by atoms with E-state index in [2.05, 4.69) is 17.5 Å². The minimum absolute atomic E-state index is 0.149. The highest BCUT2D eigenvalue weighted by molar-refractivity contribution is 5.80. The normalized spacial score (nSPS) is 28.4. The average molecular weight is 251 g/mol. The molecule has 0 aromatic carbocycles. The molecule has 0 aromatic heterocycles. The largest absolute Gasteiger partial charge is 0.466 e. The van der Waals surface area contributed by atoms with Gasteiger partial charge in [0.05, 0.1) is 6.61 Å². The van der Waals surface area contributed by atoms with Crippen LogP contribution in [0.4, 0.5) is 0 Å². The van der Waals surface area contributed by atoms with Gasteiger partial charge in [-0.05, 0) is 38.0 Å². The maximum absolute atomic E-state index is 11.9. The number of fused-ring (bicyclic) bond motifs is 2. The molecule has 1 fully saturated rings. The zero-order chi connectivity index (χ0) is 13.0. The van der Waals surface area contributed by atoms with Crippen molar-refractivity contribution in [2.24, 2.45) is 17.8 Å². The Labute approximate surface area is 108 Å². The Morgan fingerprint density at radius 1 is 1.33 bits per heavy atom. The average Bonchev–Trinajstić information content (AvgIpc) is 2.97. The number of hydrogen-bond acceptors (Lipinski definition) is 3. The highest BCUT2D eigenvalue weighted by Gasteiger charge is 2.39. The molecule has 0 heterocycles. The topological polar surface area (TPSA) is 55.4 Å². The minimum Gasteiger partial charge on any atom is -0.466 e. The van der Waals surface area contributed by atoms with Crippen molar-refractivity contribution in [1.29, 1.82) is 0 Å². The highest BCUT2D eigenvalue weighted by atomic mass is 16.5. The third-order valence-electron chi connectivity index (χ3n) is 3.78. The lowest BCUT2D eigenvalue weighted by Gasteiger charge is -2.17. The fraction of sp³-hybridized carbons (Fsp3) is 0.714. The number of nitrogens with one attached hydrogen (secondary N) is 1. The van der Waals surface area contributed by atoms with Crippen LogP contribution in [0.15, 0.2) is 12.2 Å². The van der Waals surface area contributed by atoms with Crippen molar-refractivity contribution in [3.8, 4) is 0 Å². The van der Waals surface area contributed by atoms with Crippen molar-refractivity contribution >= 4 is 11.9 Å². The molecule has 0 saturated heterocycles. The van der Waals surface area contributed by atoms with E-state index in [1.165, 1.54) is 0 Å². The zero-order valence-electron chi connectivity index (χ0n) is 10.9. The van der Waals surface area contributed by atoms with Crippen LogP contribution in [0, 0.1) is 17.8 Å². The Balaban J connectivity index is 1.61. The number of amides is 1. The van der Waals surface area contributed by atoms with E-state index in [0.29, 0.717) is 37.8 Å². The van der Waals surface area contributed by atoms with Gasteiger partial charge in [-0.25, -0.2) is 0 Å². The predicted molar refractivity (Wildman–Crippen MR) is 67.7 cm³/mol. The molecule has 0 aliphatic heterocycles. The molecule has 4 heteroatoms. The Hall–Kier alpha value is -1.32. The molecule has 0 radical (unpaired) electrons. The van der Waals surface area contributed by atoms with Gasteiger partial charge in [-0.3, -0.25) is 9.59 Å². The summed E-state index contributed by atoms with van der Waals surface area (Å²) in [6.07, 6.45) is 7.57. The van der Waals surface area contributed by atoms with Gasteiger partial charge in [0.25, 0.3) is 0 Å². The molecule has 1 saturated carbocycles. The molecule has 100 valence electrons. The summed E-state index contributed by atoms with van der Waals surface area (Å²) < 4.78 is 4.83. The number of carbonyl (C=O) groups is 2. The molecule has 2 bridgehead atoms. The second kappa shape index (κ2) is 6.03. The van der Waals surface area contributed by atoms with Crippen LogP contribution in [-0.4, -0.2) is 25.0 Å². The van der Waals surface area contributed by atoms with Crippen molar-refractivity contribution < 1.29 is 14.3 Å². The lowest BCUT2D eigenvalue weighted by atomic mass is 9.93. The fourth-order valence-electron chi connectivity index (χ4n) is 2.89. The highest BCUT2D eigenvalue weighted by Crippen LogP contribution is 2.43. The van der Waals surface area contributed by atoms with Crippen LogP contribution in [0.2, 0.25) is 0 Å². The summed E-state index contributed by atoms with van der Waals surface area (Å²) in [5, 5.41) is 2.93. The summed E-state index contributed by atoms with van der Waals surface area (Å²) in [4.78, 5) is 23.0. The molecular formula is C14H21NO3. The smallest absolute Gasteiger partial charge is 0.305 e. The molecule has 18 heavy (non-hydrogen) atoms.